The lowest BCUT2D eigenvalue weighted by Gasteiger charge is -2.20. The van der Waals surface area contributed by atoms with Crippen molar-refractivity contribution < 1.29 is 9.84 Å². The lowest BCUT2D eigenvalue weighted by atomic mass is 10.0. The summed E-state index contributed by atoms with van der Waals surface area (Å²) in [5.41, 5.74) is 4.73. The fraction of sp³-hybridized carbons (Fsp3) is 0.556. The molecule has 1 aromatic rings. The molecular formula is C9H13BrN4O2. The number of nitrogen functional groups attached to an aromatic ring is 1. The number of hydrogen-bond donors (Lipinski definition) is 3. The van der Waals surface area contributed by atoms with Gasteiger partial charge in [-0.2, -0.15) is 4.98 Å². The van der Waals surface area contributed by atoms with E-state index in [0.717, 1.165) is 0 Å². The second kappa shape index (κ2) is 4.52. The molecule has 2 heterocycles. The maximum atomic E-state index is 10.0. The Labute approximate surface area is 101 Å². The maximum Gasteiger partial charge on any atom is 0.225 e. The van der Waals surface area contributed by atoms with Crippen LogP contribution in [0.4, 0.5) is 11.8 Å². The van der Waals surface area contributed by atoms with Crippen LogP contribution < -0.4 is 11.1 Å². The molecule has 0 radical (unpaired) electrons. The summed E-state index contributed by atoms with van der Waals surface area (Å²) in [5, 5.41) is 13.0. The first-order chi connectivity index (χ1) is 7.57. The largest absolute Gasteiger partial charge is 0.386 e. The van der Waals surface area contributed by atoms with Crippen molar-refractivity contribution in [1.82, 2.24) is 9.97 Å². The molecule has 1 unspecified atom stereocenters. The summed E-state index contributed by atoms with van der Waals surface area (Å²) in [5.74, 6) is 0.770. The average Bonchev–Trinajstić information content (AvgIpc) is 2.62. The predicted octanol–water partition coefficient (Wildman–Crippen LogP) is 0.385. The highest BCUT2D eigenvalue weighted by molar-refractivity contribution is 9.10. The van der Waals surface area contributed by atoms with Gasteiger partial charge in [-0.25, -0.2) is 4.98 Å². The van der Waals surface area contributed by atoms with Crippen LogP contribution in [-0.4, -0.2) is 40.4 Å². The number of halogens is 1. The second-order valence-corrected chi connectivity index (χ2v) is 4.63. The Balaban J connectivity index is 1.98. The molecule has 1 aliphatic heterocycles. The van der Waals surface area contributed by atoms with E-state index in [1.54, 1.807) is 6.07 Å². The summed E-state index contributed by atoms with van der Waals surface area (Å²) in [6.07, 6.45) is 0.615. The molecule has 0 aromatic carbocycles. The highest BCUT2D eigenvalue weighted by Crippen LogP contribution is 2.19. The van der Waals surface area contributed by atoms with E-state index in [1.807, 2.05) is 0 Å². The number of hydrogen-bond acceptors (Lipinski definition) is 6. The summed E-state index contributed by atoms with van der Waals surface area (Å²) in [7, 11) is 0. The predicted molar refractivity (Wildman–Crippen MR) is 63.0 cm³/mol. The van der Waals surface area contributed by atoms with E-state index in [9.17, 15) is 5.11 Å². The van der Waals surface area contributed by atoms with Crippen molar-refractivity contribution in [2.24, 2.45) is 0 Å². The van der Waals surface area contributed by atoms with Crippen molar-refractivity contribution in [3.8, 4) is 0 Å². The fourth-order valence-corrected chi connectivity index (χ4v) is 1.90. The summed E-state index contributed by atoms with van der Waals surface area (Å²) >= 11 is 3.22. The number of anilines is 2. The van der Waals surface area contributed by atoms with Gasteiger partial charge in [0.05, 0.1) is 6.61 Å². The van der Waals surface area contributed by atoms with E-state index in [4.69, 9.17) is 10.5 Å². The number of nitrogens with zero attached hydrogens (tertiary/aromatic N) is 2. The van der Waals surface area contributed by atoms with E-state index in [-0.39, 0.29) is 0 Å². The lowest BCUT2D eigenvalue weighted by molar-refractivity contribution is 0.0380. The van der Waals surface area contributed by atoms with Crippen molar-refractivity contribution in [2.75, 3.05) is 30.8 Å². The molecule has 1 fully saturated rings. The Kier molecular flexibility index (Phi) is 3.27. The Bertz CT molecular complexity index is 362. The topological polar surface area (TPSA) is 93.3 Å². The van der Waals surface area contributed by atoms with Crippen LogP contribution in [0.1, 0.15) is 6.42 Å². The van der Waals surface area contributed by atoms with Crippen LogP contribution in [0.2, 0.25) is 0 Å². The van der Waals surface area contributed by atoms with Crippen molar-refractivity contribution in [3.05, 3.63) is 10.7 Å². The SMILES string of the molecule is Nc1cc(Br)nc(NCC2(O)CCOC2)n1. The Morgan fingerprint density at radius 2 is 2.44 bits per heavy atom. The van der Waals surface area contributed by atoms with Gasteiger partial charge >= 0.3 is 0 Å². The normalized spacial score (nSPS) is 24.6. The maximum absolute atomic E-state index is 10.0. The van der Waals surface area contributed by atoms with Gasteiger partial charge in [0.1, 0.15) is 16.0 Å². The smallest absolute Gasteiger partial charge is 0.225 e. The molecule has 88 valence electrons. The first kappa shape index (κ1) is 11.6. The van der Waals surface area contributed by atoms with Gasteiger partial charge in [-0.05, 0) is 15.9 Å². The molecule has 1 aliphatic rings. The van der Waals surface area contributed by atoms with Gasteiger partial charge in [0.2, 0.25) is 5.95 Å². The van der Waals surface area contributed by atoms with Crippen LogP contribution in [0, 0.1) is 0 Å². The van der Waals surface area contributed by atoms with Gasteiger partial charge in [-0.1, -0.05) is 0 Å². The standard InChI is InChI=1S/C9H13BrN4O2/c10-6-3-7(11)14-8(13-6)12-4-9(15)1-2-16-5-9/h3,15H,1-2,4-5H2,(H3,11,12,13,14). The number of nitrogens with two attached hydrogens (primary N) is 1. The molecule has 2 rings (SSSR count). The zero-order chi connectivity index (χ0) is 11.6. The molecule has 1 saturated heterocycles. The quantitative estimate of drug-likeness (QED) is 0.697. The molecule has 6 nitrogen and oxygen atoms in total. The number of aliphatic hydroxyl groups is 1. The zero-order valence-electron chi connectivity index (χ0n) is 8.61. The summed E-state index contributed by atoms with van der Waals surface area (Å²) < 4.78 is 5.74. The monoisotopic (exact) mass is 288 g/mol. The molecular weight excluding hydrogens is 276 g/mol. The first-order valence-corrected chi connectivity index (χ1v) is 5.71. The van der Waals surface area contributed by atoms with Crippen molar-refractivity contribution in [2.45, 2.75) is 12.0 Å². The minimum absolute atomic E-state index is 0.337. The zero-order valence-corrected chi connectivity index (χ0v) is 10.2. The van der Waals surface area contributed by atoms with Crippen LogP contribution >= 0.6 is 15.9 Å². The van der Waals surface area contributed by atoms with Gasteiger partial charge in [0.15, 0.2) is 0 Å². The third-order valence-corrected chi connectivity index (χ3v) is 2.78. The van der Waals surface area contributed by atoms with Gasteiger partial charge in [0, 0.05) is 25.6 Å². The molecule has 1 atom stereocenters. The average molecular weight is 289 g/mol. The molecule has 16 heavy (non-hydrogen) atoms. The van der Waals surface area contributed by atoms with Crippen LogP contribution in [0.5, 0.6) is 0 Å². The van der Waals surface area contributed by atoms with E-state index in [0.29, 0.717) is 42.5 Å². The third kappa shape index (κ3) is 2.81. The molecule has 1 aromatic heterocycles. The highest BCUT2D eigenvalue weighted by atomic mass is 79.9. The third-order valence-electron chi connectivity index (χ3n) is 2.37. The number of nitrogens with one attached hydrogen (secondary N) is 1. The minimum atomic E-state index is -0.833. The summed E-state index contributed by atoms with van der Waals surface area (Å²) in [4.78, 5) is 8.09. The minimum Gasteiger partial charge on any atom is -0.386 e. The van der Waals surface area contributed by atoms with E-state index < -0.39 is 5.60 Å². The van der Waals surface area contributed by atoms with Crippen LogP contribution in [0.25, 0.3) is 0 Å². The number of ether oxygens (including phenoxy) is 1. The molecule has 0 saturated carbocycles. The van der Waals surface area contributed by atoms with Crippen LogP contribution in [0.15, 0.2) is 10.7 Å². The van der Waals surface area contributed by atoms with Gasteiger partial charge in [-0.3, -0.25) is 0 Å². The van der Waals surface area contributed by atoms with E-state index in [1.165, 1.54) is 0 Å². The van der Waals surface area contributed by atoms with E-state index in [2.05, 4.69) is 31.2 Å². The number of aromatic nitrogens is 2. The van der Waals surface area contributed by atoms with Gasteiger partial charge in [-0.15, -0.1) is 0 Å². The molecule has 0 amide bonds. The molecule has 7 heteroatoms. The van der Waals surface area contributed by atoms with Gasteiger partial charge < -0.3 is 20.9 Å². The molecule has 0 bridgehead atoms. The summed E-state index contributed by atoms with van der Waals surface area (Å²) in [6, 6.07) is 1.61. The fourth-order valence-electron chi connectivity index (χ4n) is 1.49. The second-order valence-electron chi connectivity index (χ2n) is 3.82. The Morgan fingerprint density at radius 3 is 3.06 bits per heavy atom. The molecule has 4 N–H and O–H groups in total. The summed E-state index contributed by atoms with van der Waals surface area (Å²) in [6.45, 7) is 1.27. The molecule has 0 aliphatic carbocycles. The van der Waals surface area contributed by atoms with E-state index >= 15 is 0 Å². The highest BCUT2D eigenvalue weighted by Gasteiger charge is 2.32. The van der Waals surface area contributed by atoms with Crippen molar-refractivity contribution in [3.63, 3.8) is 0 Å². The number of rotatable bonds is 3. The lowest BCUT2D eigenvalue weighted by Crippen LogP contribution is -2.37. The van der Waals surface area contributed by atoms with Crippen LogP contribution in [0.3, 0.4) is 0 Å². The van der Waals surface area contributed by atoms with Crippen molar-refractivity contribution in [1.29, 1.82) is 0 Å². The first-order valence-electron chi connectivity index (χ1n) is 4.91. The van der Waals surface area contributed by atoms with Crippen LogP contribution in [-0.2, 0) is 4.74 Å². The Hall–Kier alpha value is -0.920. The molecule has 0 spiro atoms. The van der Waals surface area contributed by atoms with Crippen molar-refractivity contribution >= 4 is 27.7 Å². The Morgan fingerprint density at radius 1 is 1.62 bits per heavy atom. The van der Waals surface area contributed by atoms with Gasteiger partial charge in [0.25, 0.3) is 0 Å².